The molecule has 216 valence electrons. The lowest BCUT2D eigenvalue weighted by Gasteiger charge is -2.26. The number of nitrogens with two attached hydrogens (primary N) is 1. The van der Waals surface area contributed by atoms with Crippen molar-refractivity contribution in [1.82, 2.24) is 14.9 Å². The number of nitrogens with zero attached hydrogens (tertiary/aromatic N) is 3. The number of hydrogen-bond donors (Lipinski definition) is 3. The van der Waals surface area contributed by atoms with Crippen LogP contribution in [0.5, 0.6) is 5.75 Å². The number of nitrogens with one attached hydrogen (secondary N) is 2. The van der Waals surface area contributed by atoms with Gasteiger partial charge >= 0.3 is 6.18 Å². The molecular weight excluding hydrogens is 545 g/mol. The Labute approximate surface area is 232 Å². The zero-order valence-electron chi connectivity index (χ0n) is 22.5. The highest BCUT2D eigenvalue weighted by Gasteiger charge is 2.36. The minimum absolute atomic E-state index is 0.0851. The van der Waals surface area contributed by atoms with Gasteiger partial charge in [0, 0.05) is 29.7 Å². The van der Waals surface area contributed by atoms with Crippen LogP contribution in [-0.4, -0.2) is 49.5 Å². The monoisotopic (exact) mass is 578 g/mol. The minimum Gasteiger partial charge on any atom is -0.492 e. The molecule has 4 rings (SSSR count). The van der Waals surface area contributed by atoms with Crippen molar-refractivity contribution in [2.24, 2.45) is 5.14 Å². The molecule has 0 atom stereocenters. The van der Waals surface area contributed by atoms with E-state index in [9.17, 15) is 21.6 Å². The van der Waals surface area contributed by atoms with E-state index in [-0.39, 0.29) is 22.1 Å². The largest absolute Gasteiger partial charge is 0.492 e. The molecule has 0 unspecified atom stereocenters. The maximum absolute atomic E-state index is 13.9. The molecule has 0 radical (unpaired) electrons. The molecule has 13 heteroatoms. The molecule has 9 nitrogen and oxygen atoms in total. The summed E-state index contributed by atoms with van der Waals surface area (Å²) in [5, 5.41) is 11.0. The first kappa shape index (κ1) is 29.6. The van der Waals surface area contributed by atoms with Crippen molar-refractivity contribution < 1.29 is 26.3 Å². The Balaban J connectivity index is 1.58. The topological polar surface area (TPSA) is 122 Å². The van der Waals surface area contributed by atoms with E-state index in [2.05, 4.69) is 25.5 Å². The maximum atomic E-state index is 13.9. The Morgan fingerprint density at radius 2 is 1.70 bits per heavy atom. The Bertz CT molecular complexity index is 1440. The van der Waals surface area contributed by atoms with E-state index in [4.69, 9.17) is 9.88 Å². The number of sulfonamides is 1. The van der Waals surface area contributed by atoms with Gasteiger partial charge in [-0.1, -0.05) is 26.8 Å². The number of likely N-dealkylation sites (tertiary alicyclic amines) is 1. The summed E-state index contributed by atoms with van der Waals surface area (Å²) in [5.74, 6) is 0.0481. The summed E-state index contributed by atoms with van der Waals surface area (Å²) in [5.41, 5.74) is -0.982. The molecule has 0 spiro atoms. The molecule has 40 heavy (non-hydrogen) atoms. The van der Waals surface area contributed by atoms with Crippen LogP contribution < -0.4 is 20.5 Å². The van der Waals surface area contributed by atoms with Crippen molar-refractivity contribution in [3.8, 4) is 5.75 Å². The van der Waals surface area contributed by atoms with Crippen molar-refractivity contribution in [3.63, 3.8) is 0 Å². The van der Waals surface area contributed by atoms with Crippen molar-refractivity contribution >= 4 is 33.2 Å². The van der Waals surface area contributed by atoms with E-state index in [1.165, 1.54) is 31.0 Å². The average Bonchev–Trinajstić information content (AvgIpc) is 3.37. The first-order chi connectivity index (χ1) is 18.7. The summed E-state index contributed by atoms with van der Waals surface area (Å²) in [6.45, 7) is 8.80. The number of ether oxygens (including phenoxy) is 1. The molecule has 1 aromatic heterocycles. The second-order valence-corrected chi connectivity index (χ2v) is 12.1. The third-order valence-electron chi connectivity index (χ3n) is 6.42. The lowest BCUT2D eigenvalue weighted by atomic mass is 9.85. The molecule has 4 N–H and O–H groups in total. The number of alkyl halides is 3. The van der Waals surface area contributed by atoms with Gasteiger partial charge in [-0.15, -0.1) is 0 Å². The molecule has 0 bridgehead atoms. The number of hydrogen-bond acceptors (Lipinski definition) is 8. The van der Waals surface area contributed by atoms with Crippen molar-refractivity contribution in [2.75, 3.05) is 36.9 Å². The quantitative estimate of drug-likeness (QED) is 0.309. The minimum atomic E-state index is -4.77. The van der Waals surface area contributed by atoms with Crippen LogP contribution in [0.3, 0.4) is 0 Å². The summed E-state index contributed by atoms with van der Waals surface area (Å²) < 4.78 is 72.0. The zero-order valence-corrected chi connectivity index (χ0v) is 23.4. The summed E-state index contributed by atoms with van der Waals surface area (Å²) in [6, 6.07) is 11.1. The Hall–Kier alpha value is -3.42. The van der Waals surface area contributed by atoms with Gasteiger partial charge in [-0.3, -0.25) is 4.90 Å². The average molecular weight is 579 g/mol. The smallest absolute Gasteiger partial charge is 0.421 e. The summed E-state index contributed by atoms with van der Waals surface area (Å²) >= 11 is 0. The first-order valence-corrected chi connectivity index (χ1v) is 14.4. The number of anilines is 4. The number of benzene rings is 2. The normalized spacial score (nSPS) is 14.8. The van der Waals surface area contributed by atoms with Crippen molar-refractivity contribution in [2.45, 2.75) is 50.1 Å². The van der Waals surface area contributed by atoms with Gasteiger partial charge in [0.25, 0.3) is 0 Å². The standard InChI is InChI=1S/C27H33F3N6O3S/c1-26(2,3)23-21(7-6-8-22(23)40(31,37)38)34-24-20(27(28,29)30)17-32-25(35-24)33-18-9-11-19(12-10-18)39-16-15-36-13-4-5-14-36/h6-12,17H,4-5,13-16H2,1-3H3,(H2,31,37,38)(H2,32,33,34,35). The van der Waals surface area contributed by atoms with Crippen LogP contribution in [0.2, 0.25) is 0 Å². The van der Waals surface area contributed by atoms with E-state index in [0.717, 1.165) is 19.6 Å². The van der Waals surface area contributed by atoms with Gasteiger partial charge in [-0.2, -0.15) is 18.2 Å². The summed E-state index contributed by atoms with van der Waals surface area (Å²) in [4.78, 5) is 10.1. The van der Waals surface area contributed by atoms with E-state index >= 15 is 0 Å². The van der Waals surface area contributed by atoms with Gasteiger partial charge in [-0.05, 0) is 67.7 Å². The fourth-order valence-electron chi connectivity index (χ4n) is 4.58. The third-order valence-corrected chi connectivity index (χ3v) is 7.37. The van der Waals surface area contributed by atoms with Crippen LogP contribution in [0, 0.1) is 0 Å². The Morgan fingerprint density at radius 1 is 1.02 bits per heavy atom. The predicted octanol–water partition coefficient (Wildman–Crippen LogP) is 5.40. The van der Waals surface area contributed by atoms with Gasteiger partial charge in [0.1, 0.15) is 23.7 Å². The molecule has 0 amide bonds. The lowest BCUT2D eigenvalue weighted by Crippen LogP contribution is -2.25. The van der Waals surface area contributed by atoms with E-state index < -0.39 is 33.0 Å². The molecule has 2 heterocycles. The van der Waals surface area contributed by atoms with Crippen LogP contribution in [0.25, 0.3) is 0 Å². The zero-order chi connectivity index (χ0) is 29.1. The van der Waals surface area contributed by atoms with Crippen LogP contribution in [0.4, 0.5) is 36.3 Å². The van der Waals surface area contributed by atoms with Gasteiger partial charge in [0.2, 0.25) is 16.0 Å². The molecule has 1 saturated heterocycles. The molecule has 1 aliphatic rings. The summed E-state index contributed by atoms with van der Waals surface area (Å²) in [7, 11) is -4.15. The lowest BCUT2D eigenvalue weighted by molar-refractivity contribution is -0.137. The van der Waals surface area contributed by atoms with Gasteiger partial charge in [0.05, 0.1) is 4.90 Å². The van der Waals surface area contributed by atoms with Crippen molar-refractivity contribution in [1.29, 1.82) is 0 Å². The maximum Gasteiger partial charge on any atom is 0.421 e. The number of aromatic nitrogens is 2. The number of rotatable bonds is 9. The van der Waals surface area contributed by atoms with Crippen LogP contribution in [0.1, 0.15) is 44.7 Å². The predicted molar refractivity (Wildman–Crippen MR) is 148 cm³/mol. The van der Waals surface area contributed by atoms with Gasteiger partial charge < -0.3 is 15.4 Å². The SMILES string of the molecule is CC(C)(C)c1c(Nc2nc(Nc3ccc(OCCN4CCCC4)cc3)ncc2C(F)(F)F)cccc1S(N)(=O)=O. The molecule has 0 saturated carbocycles. The third kappa shape index (κ3) is 7.40. The molecule has 0 aliphatic carbocycles. The van der Waals surface area contributed by atoms with Crippen LogP contribution in [-0.2, 0) is 21.6 Å². The Morgan fingerprint density at radius 3 is 2.30 bits per heavy atom. The number of halogens is 3. The number of primary sulfonamides is 1. The second kappa shape index (κ2) is 11.6. The second-order valence-electron chi connectivity index (χ2n) is 10.6. The van der Waals surface area contributed by atoms with E-state index in [1.54, 1.807) is 45.0 Å². The fourth-order valence-corrected chi connectivity index (χ4v) is 5.55. The highest BCUT2D eigenvalue weighted by molar-refractivity contribution is 7.89. The molecule has 1 fully saturated rings. The summed E-state index contributed by atoms with van der Waals surface area (Å²) in [6.07, 6.45) is -1.67. The van der Waals surface area contributed by atoms with E-state index in [0.29, 0.717) is 24.2 Å². The van der Waals surface area contributed by atoms with E-state index in [1.807, 2.05) is 0 Å². The van der Waals surface area contributed by atoms with Gasteiger partial charge in [0.15, 0.2) is 0 Å². The van der Waals surface area contributed by atoms with Crippen molar-refractivity contribution in [3.05, 3.63) is 59.8 Å². The fraction of sp³-hybridized carbons (Fsp3) is 0.407. The Kier molecular flexibility index (Phi) is 8.57. The molecular formula is C27H33F3N6O3S. The molecule has 1 aliphatic heterocycles. The molecule has 3 aromatic rings. The van der Waals surface area contributed by atoms with Gasteiger partial charge in [-0.25, -0.2) is 18.5 Å². The highest BCUT2D eigenvalue weighted by Crippen LogP contribution is 2.39. The first-order valence-electron chi connectivity index (χ1n) is 12.8. The van der Waals surface area contributed by atoms with Crippen LogP contribution in [0.15, 0.2) is 53.6 Å². The van der Waals surface area contributed by atoms with Crippen LogP contribution >= 0.6 is 0 Å². The highest BCUT2D eigenvalue weighted by atomic mass is 32.2. The molecule has 2 aromatic carbocycles.